The number of anilines is 2. The van der Waals surface area contributed by atoms with Crippen LogP contribution >= 0.6 is 11.6 Å². The molecular formula is C22H26ClN3O3. The SMILES string of the molecule is COc1ccc(Cl)cc1NC(=O)C(C)NC(C)c1ccc(NC(=O)C2CC2)cc1. The van der Waals surface area contributed by atoms with Crippen LogP contribution in [0.4, 0.5) is 11.4 Å². The van der Waals surface area contributed by atoms with Crippen molar-refractivity contribution in [3.63, 3.8) is 0 Å². The lowest BCUT2D eigenvalue weighted by molar-refractivity contribution is -0.118. The summed E-state index contributed by atoms with van der Waals surface area (Å²) < 4.78 is 5.26. The number of rotatable bonds is 8. The summed E-state index contributed by atoms with van der Waals surface area (Å²) in [6, 6.07) is 12.2. The summed E-state index contributed by atoms with van der Waals surface area (Å²) in [5, 5.41) is 9.57. The van der Waals surface area contributed by atoms with Crippen LogP contribution in [-0.4, -0.2) is 25.0 Å². The smallest absolute Gasteiger partial charge is 0.241 e. The van der Waals surface area contributed by atoms with Crippen molar-refractivity contribution in [2.45, 2.75) is 38.8 Å². The Morgan fingerprint density at radius 1 is 1.07 bits per heavy atom. The Labute approximate surface area is 176 Å². The van der Waals surface area contributed by atoms with Crippen LogP contribution < -0.4 is 20.7 Å². The van der Waals surface area contributed by atoms with E-state index in [0.29, 0.717) is 16.5 Å². The van der Waals surface area contributed by atoms with Crippen molar-refractivity contribution >= 4 is 34.8 Å². The summed E-state index contributed by atoms with van der Waals surface area (Å²) in [4.78, 5) is 24.4. The van der Waals surface area contributed by atoms with Crippen molar-refractivity contribution in [3.05, 3.63) is 53.1 Å². The number of benzene rings is 2. The predicted octanol–water partition coefficient (Wildman–Crippen LogP) is 4.37. The maximum absolute atomic E-state index is 12.6. The average molecular weight is 416 g/mol. The fraction of sp³-hybridized carbons (Fsp3) is 0.364. The number of nitrogens with one attached hydrogen (secondary N) is 3. The number of carbonyl (C=O) groups is 2. The first kappa shape index (κ1) is 21.1. The molecule has 0 aliphatic heterocycles. The minimum absolute atomic E-state index is 0.0507. The van der Waals surface area contributed by atoms with E-state index in [1.165, 1.54) is 0 Å². The number of hydrogen-bond donors (Lipinski definition) is 3. The summed E-state index contributed by atoms with van der Waals surface area (Å²) in [5.41, 5.74) is 2.34. The molecule has 2 aromatic rings. The second-order valence-corrected chi connectivity index (χ2v) is 7.77. The third kappa shape index (κ3) is 5.71. The van der Waals surface area contributed by atoms with E-state index in [4.69, 9.17) is 16.3 Å². The zero-order valence-electron chi connectivity index (χ0n) is 16.8. The minimum Gasteiger partial charge on any atom is -0.495 e. The van der Waals surface area contributed by atoms with Crippen LogP contribution in [0, 0.1) is 5.92 Å². The second-order valence-electron chi connectivity index (χ2n) is 7.33. The van der Waals surface area contributed by atoms with Gasteiger partial charge in [0, 0.05) is 22.7 Å². The number of carbonyl (C=O) groups excluding carboxylic acids is 2. The fourth-order valence-electron chi connectivity index (χ4n) is 3.01. The third-order valence-corrected chi connectivity index (χ3v) is 5.17. The van der Waals surface area contributed by atoms with Gasteiger partial charge in [-0.15, -0.1) is 0 Å². The Kier molecular flexibility index (Phi) is 6.77. The summed E-state index contributed by atoms with van der Waals surface area (Å²) in [5.74, 6) is 0.621. The van der Waals surface area contributed by atoms with Gasteiger partial charge in [0.15, 0.2) is 0 Å². The number of halogens is 1. The molecule has 0 radical (unpaired) electrons. The molecule has 1 aliphatic carbocycles. The lowest BCUT2D eigenvalue weighted by atomic mass is 10.1. The van der Waals surface area contributed by atoms with Crippen LogP contribution in [-0.2, 0) is 9.59 Å². The largest absolute Gasteiger partial charge is 0.495 e. The molecular weight excluding hydrogens is 390 g/mol. The number of hydrogen-bond acceptors (Lipinski definition) is 4. The van der Waals surface area contributed by atoms with Gasteiger partial charge >= 0.3 is 0 Å². The molecule has 2 unspecified atom stereocenters. The van der Waals surface area contributed by atoms with E-state index in [2.05, 4.69) is 16.0 Å². The first-order valence-electron chi connectivity index (χ1n) is 9.68. The fourth-order valence-corrected chi connectivity index (χ4v) is 3.18. The van der Waals surface area contributed by atoms with Gasteiger partial charge in [0.1, 0.15) is 5.75 Å². The Morgan fingerprint density at radius 2 is 1.76 bits per heavy atom. The van der Waals surface area contributed by atoms with E-state index in [1.54, 1.807) is 32.2 Å². The van der Waals surface area contributed by atoms with Gasteiger partial charge < -0.3 is 15.4 Å². The van der Waals surface area contributed by atoms with Crippen LogP contribution in [0.5, 0.6) is 5.75 Å². The molecule has 0 bridgehead atoms. The van der Waals surface area contributed by atoms with Crippen molar-refractivity contribution in [2.24, 2.45) is 5.92 Å². The van der Waals surface area contributed by atoms with Crippen molar-refractivity contribution in [1.82, 2.24) is 5.32 Å². The highest BCUT2D eigenvalue weighted by molar-refractivity contribution is 6.31. The Bertz CT molecular complexity index is 881. The Balaban J connectivity index is 1.56. The maximum atomic E-state index is 12.6. The molecule has 29 heavy (non-hydrogen) atoms. The van der Waals surface area contributed by atoms with Gasteiger partial charge in [-0.1, -0.05) is 23.7 Å². The predicted molar refractivity (Wildman–Crippen MR) is 115 cm³/mol. The van der Waals surface area contributed by atoms with Gasteiger partial charge in [0.25, 0.3) is 0 Å². The molecule has 0 spiro atoms. The molecule has 1 aliphatic rings. The zero-order chi connectivity index (χ0) is 21.0. The molecule has 2 amide bonds. The molecule has 3 rings (SSSR count). The van der Waals surface area contributed by atoms with Crippen LogP contribution in [0.2, 0.25) is 5.02 Å². The molecule has 0 aromatic heterocycles. The number of ether oxygens (including phenoxy) is 1. The van der Waals surface area contributed by atoms with Gasteiger partial charge in [-0.2, -0.15) is 0 Å². The standard InChI is InChI=1S/C22H26ClN3O3/c1-13(15-6-9-18(10-7-15)25-22(28)16-4-5-16)24-14(2)21(27)26-19-12-17(23)8-11-20(19)29-3/h6-14,16,24H,4-5H2,1-3H3,(H,25,28)(H,26,27). The highest BCUT2D eigenvalue weighted by Gasteiger charge is 2.29. The third-order valence-electron chi connectivity index (χ3n) is 4.94. The maximum Gasteiger partial charge on any atom is 0.241 e. The number of methoxy groups -OCH3 is 1. The summed E-state index contributed by atoms with van der Waals surface area (Å²) in [6.07, 6.45) is 1.96. The monoisotopic (exact) mass is 415 g/mol. The molecule has 1 fully saturated rings. The van der Waals surface area contributed by atoms with E-state index in [-0.39, 0.29) is 23.8 Å². The van der Waals surface area contributed by atoms with Gasteiger partial charge in [0.2, 0.25) is 11.8 Å². The normalized spacial score (nSPS) is 15.3. The molecule has 0 heterocycles. The van der Waals surface area contributed by atoms with Gasteiger partial charge in [0.05, 0.1) is 18.8 Å². The average Bonchev–Trinajstić information content (AvgIpc) is 3.54. The van der Waals surface area contributed by atoms with Gasteiger partial charge in [-0.3, -0.25) is 14.9 Å². The summed E-state index contributed by atoms with van der Waals surface area (Å²) in [7, 11) is 1.54. The van der Waals surface area contributed by atoms with Gasteiger partial charge in [-0.05, 0) is 62.6 Å². The van der Waals surface area contributed by atoms with E-state index in [0.717, 1.165) is 24.1 Å². The highest BCUT2D eigenvalue weighted by Crippen LogP contribution is 2.30. The van der Waals surface area contributed by atoms with Crippen LogP contribution in [0.15, 0.2) is 42.5 Å². The molecule has 154 valence electrons. The lowest BCUT2D eigenvalue weighted by Crippen LogP contribution is -2.39. The quantitative estimate of drug-likeness (QED) is 0.598. The van der Waals surface area contributed by atoms with Crippen molar-refractivity contribution in [1.29, 1.82) is 0 Å². The van der Waals surface area contributed by atoms with E-state index in [9.17, 15) is 9.59 Å². The van der Waals surface area contributed by atoms with Crippen LogP contribution in [0.3, 0.4) is 0 Å². The first-order chi connectivity index (χ1) is 13.9. The molecule has 7 heteroatoms. The van der Waals surface area contributed by atoms with Crippen molar-refractivity contribution in [2.75, 3.05) is 17.7 Å². The molecule has 6 nitrogen and oxygen atoms in total. The Morgan fingerprint density at radius 3 is 2.38 bits per heavy atom. The lowest BCUT2D eigenvalue weighted by Gasteiger charge is -2.21. The molecule has 2 aromatic carbocycles. The topological polar surface area (TPSA) is 79.5 Å². The van der Waals surface area contributed by atoms with Gasteiger partial charge in [-0.25, -0.2) is 0 Å². The highest BCUT2D eigenvalue weighted by atomic mass is 35.5. The molecule has 3 N–H and O–H groups in total. The molecule has 1 saturated carbocycles. The summed E-state index contributed by atoms with van der Waals surface area (Å²) >= 11 is 6.02. The minimum atomic E-state index is -0.442. The molecule has 2 atom stereocenters. The molecule has 0 saturated heterocycles. The zero-order valence-corrected chi connectivity index (χ0v) is 17.5. The Hall–Kier alpha value is -2.57. The van der Waals surface area contributed by atoms with E-state index in [1.807, 2.05) is 31.2 Å². The van der Waals surface area contributed by atoms with E-state index >= 15 is 0 Å². The van der Waals surface area contributed by atoms with E-state index < -0.39 is 6.04 Å². The van der Waals surface area contributed by atoms with Crippen LogP contribution in [0.25, 0.3) is 0 Å². The number of amides is 2. The van der Waals surface area contributed by atoms with Crippen LogP contribution in [0.1, 0.15) is 38.3 Å². The second kappa shape index (κ2) is 9.29. The van der Waals surface area contributed by atoms with Crippen molar-refractivity contribution < 1.29 is 14.3 Å². The van der Waals surface area contributed by atoms with Crippen molar-refractivity contribution in [3.8, 4) is 5.75 Å². The summed E-state index contributed by atoms with van der Waals surface area (Å²) in [6.45, 7) is 3.79. The first-order valence-corrected chi connectivity index (χ1v) is 10.1.